The highest BCUT2D eigenvalue weighted by Gasteiger charge is 2.06. The first-order valence-corrected chi connectivity index (χ1v) is 7.66. The number of rotatable bonds is 5. The molecular weight excluding hydrogens is 303 g/mol. The third-order valence-corrected chi connectivity index (χ3v) is 3.72. The molecule has 24 heavy (non-hydrogen) atoms. The summed E-state index contributed by atoms with van der Waals surface area (Å²) >= 11 is 0. The van der Waals surface area contributed by atoms with E-state index in [0.29, 0.717) is 23.5 Å². The fraction of sp³-hybridized carbons (Fsp3) is 0.105. The van der Waals surface area contributed by atoms with Crippen LogP contribution in [0.4, 0.5) is 21.6 Å². The molecule has 3 rings (SSSR count). The van der Waals surface area contributed by atoms with Gasteiger partial charge in [0.2, 0.25) is 0 Å². The lowest BCUT2D eigenvalue weighted by molar-refractivity contribution is 0.614. The molecule has 0 spiro atoms. The monoisotopic (exact) mass is 322 g/mol. The molecule has 0 unspecified atom stereocenters. The van der Waals surface area contributed by atoms with E-state index < -0.39 is 0 Å². The SMILES string of the molecule is CN(Nc1cc(Cc2ccc(N)cc2F)ccn1)c1ccccc1. The highest BCUT2D eigenvalue weighted by molar-refractivity contribution is 5.52. The quantitative estimate of drug-likeness (QED) is 0.553. The Morgan fingerprint density at radius 1 is 1.08 bits per heavy atom. The number of nitrogens with two attached hydrogens (primary N) is 1. The van der Waals surface area contributed by atoms with Crippen molar-refractivity contribution in [3.63, 3.8) is 0 Å². The van der Waals surface area contributed by atoms with Crippen molar-refractivity contribution in [3.05, 3.63) is 83.8 Å². The molecule has 122 valence electrons. The second-order valence-corrected chi connectivity index (χ2v) is 5.58. The van der Waals surface area contributed by atoms with Crippen molar-refractivity contribution in [2.45, 2.75) is 6.42 Å². The fourth-order valence-corrected chi connectivity index (χ4v) is 2.46. The summed E-state index contributed by atoms with van der Waals surface area (Å²) in [6, 6.07) is 18.5. The van der Waals surface area contributed by atoms with Gasteiger partial charge in [-0.1, -0.05) is 24.3 Å². The van der Waals surface area contributed by atoms with Gasteiger partial charge in [0.25, 0.3) is 0 Å². The number of hydrogen-bond donors (Lipinski definition) is 2. The molecule has 1 aromatic heterocycles. The van der Waals surface area contributed by atoms with Crippen molar-refractivity contribution in [2.24, 2.45) is 0 Å². The number of benzene rings is 2. The van der Waals surface area contributed by atoms with E-state index in [4.69, 9.17) is 5.73 Å². The van der Waals surface area contributed by atoms with Gasteiger partial charge in [0.1, 0.15) is 11.6 Å². The maximum Gasteiger partial charge on any atom is 0.144 e. The van der Waals surface area contributed by atoms with Crippen LogP contribution in [0.25, 0.3) is 0 Å². The van der Waals surface area contributed by atoms with E-state index in [1.54, 1.807) is 18.3 Å². The number of para-hydroxylation sites is 1. The zero-order chi connectivity index (χ0) is 16.9. The van der Waals surface area contributed by atoms with E-state index in [9.17, 15) is 4.39 Å². The molecule has 0 aliphatic rings. The minimum Gasteiger partial charge on any atom is -0.399 e. The topological polar surface area (TPSA) is 54.2 Å². The Labute approximate surface area is 140 Å². The van der Waals surface area contributed by atoms with Crippen LogP contribution in [-0.2, 0) is 6.42 Å². The second-order valence-electron chi connectivity index (χ2n) is 5.58. The van der Waals surface area contributed by atoms with Gasteiger partial charge in [-0.3, -0.25) is 10.4 Å². The molecule has 0 aliphatic carbocycles. The van der Waals surface area contributed by atoms with Gasteiger partial charge >= 0.3 is 0 Å². The molecular formula is C19H19FN4. The Morgan fingerprint density at radius 2 is 1.88 bits per heavy atom. The van der Waals surface area contributed by atoms with E-state index in [-0.39, 0.29) is 5.82 Å². The molecule has 0 amide bonds. The highest BCUT2D eigenvalue weighted by Crippen LogP contribution is 2.18. The summed E-state index contributed by atoms with van der Waals surface area (Å²) in [5.41, 5.74) is 11.8. The van der Waals surface area contributed by atoms with Gasteiger partial charge in [0.15, 0.2) is 0 Å². The van der Waals surface area contributed by atoms with E-state index >= 15 is 0 Å². The highest BCUT2D eigenvalue weighted by atomic mass is 19.1. The molecule has 5 heteroatoms. The number of pyridine rings is 1. The summed E-state index contributed by atoms with van der Waals surface area (Å²) in [7, 11) is 1.92. The van der Waals surface area contributed by atoms with Crippen LogP contribution < -0.4 is 16.2 Å². The molecule has 4 nitrogen and oxygen atoms in total. The van der Waals surface area contributed by atoms with E-state index in [0.717, 1.165) is 11.3 Å². The van der Waals surface area contributed by atoms with Crippen LogP contribution >= 0.6 is 0 Å². The average molecular weight is 322 g/mol. The van der Waals surface area contributed by atoms with Gasteiger partial charge in [-0.2, -0.15) is 0 Å². The number of nitrogens with one attached hydrogen (secondary N) is 1. The molecule has 0 aliphatic heterocycles. The summed E-state index contributed by atoms with van der Waals surface area (Å²) in [6.45, 7) is 0. The van der Waals surface area contributed by atoms with Crippen molar-refractivity contribution in [1.82, 2.24) is 4.98 Å². The molecule has 0 fully saturated rings. The first kappa shape index (κ1) is 15.8. The smallest absolute Gasteiger partial charge is 0.144 e. The lowest BCUT2D eigenvalue weighted by Crippen LogP contribution is -2.25. The molecule has 3 aromatic rings. The number of hydrogen-bond acceptors (Lipinski definition) is 4. The number of halogens is 1. The predicted molar refractivity (Wildman–Crippen MR) is 96.3 cm³/mol. The van der Waals surface area contributed by atoms with Gasteiger partial charge in [0, 0.05) is 25.4 Å². The Bertz CT molecular complexity index is 821. The number of hydrazine groups is 1. The van der Waals surface area contributed by atoms with Crippen LogP contribution in [0.1, 0.15) is 11.1 Å². The second kappa shape index (κ2) is 7.00. The molecule has 0 bridgehead atoms. The third-order valence-electron chi connectivity index (χ3n) is 3.72. The Balaban J connectivity index is 1.74. The van der Waals surface area contributed by atoms with Crippen LogP contribution in [0.3, 0.4) is 0 Å². The van der Waals surface area contributed by atoms with Gasteiger partial charge in [-0.25, -0.2) is 9.37 Å². The Kier molecular flexibility index (Phi) is 4.61. The van der Waals surface area contributed by atoms with E-state index in [2.05, 4.69) is 10.4 Å². The summed E-state index contributed by atoms with van der Waals surface area (Å²) in [5, 5.41) is 1.88. The maximum absolute atomic E-state index is 13.9. The van der Waals surface area contributed by atoms with Crippen LogP contribution in [0.5, 0.6) is 0 Å². The number of nitrogens with zero attached hydrogens (tertiary/aromatic N) is 2. The predicted octanol–water partition coefficient (Wildman–Crippen LogP) is 3.86. The standard InChI is InChI=1S/C19H19FN4/c1-24(17-5-3-2-4-6-17)23-19-12-14(9-10-22-19)11-15-7-8-16(21)13-18(15)20/h2-10,12-13H,11,21H2,1H3,(H,22,23). The largest absolute Gasteiger partial charge is 0.399 e. The van der Waals surface area contributed by atoms with Gasteiger partial charge < -0.3 is 5.73 Å². The third kappa shape index (κ3) is 3.81. The van der Waals surface area contributed by atoms with Crippen molar-refractivity contribution in [2.75, 3.05) is 23.2 Å². The lowest BCUT2D eigenvalue weighted by atomic mass is 10.1. The van der Waals surface area contributed by atoms with Crippen LogP contribution in [0, 0.1) is 5.82 Å². The van der Waals surface area contributed by atoms with Gasteiger partial charge in [-0.15, -0.1) is 0 Å². The minimum atomic E-state index is -0.289. The minimum absolute atomic E-state index is 0.289. The van der Waals surface area contributed by atoms with Gasteiger partial charge in [0.05, 0.1) is 5.69 Å². The first-order chi connectivity index (χ1) is 11.6. The first-order valence-electron chi connectivity index (χ1n) is 7.66. The maximum atomic E-state index is 13.9. The zero-order valence-corrected chi connectivity index (χ0v) is 13.4. The molecule has 0 radical (unpaired) electrons. The zero-order valence-electron chi connectivity index (χ0n) is 13.4. The van der Waals surface area contributed by atoms with Crippen molar-refractivity contribution in [3.8, 4) is 0 Å². The van der Waals surface area contributed by atoms with Crippen molar-refractivity contribution < 1.29 is 4.39 Å². The van der Waals surface area contributed by atoms with Crippen LogP contribution in [0.2, 0.25) is 0 Å². The Hall–Kier alpha value is -3.08. The van der Waals surface area contributed by atoms with E-state index in [1.807, 2.05) is 54.5 Å². The lowest BCUT2D eigenvalue weighted by Gasteiger charge is -2.21. The summed E-state index contributed by atoms with van der Waals surface area (Å²) in [6.07, 6.45) is 2.20. The summed E-state index contributed by atoms with van der Waals surface area (Å²) in [4.78, 5) is 4.32. The Morgan fingerprint density at radius 3 is 2.62 bits per heavy atom. The molecule has 0 saturated heterocycles. The van der Waals surface area contributed by atoms with Crippen LogP contribution in [0.15, 0.2) is 66.9 Å². The summed E-state index contributed by atoms with van der Waals surface area (Å²) in [5.74, 6) is 0.414. The van der Waals surface area contributed by atoms with Crippen molar-refractivity contribution >= 4 is 17.2 Å². The molecule has 3 N–H and O–H groups in total. The van der Waals surface area contributed by atoms with Crippen molar-refractivity contribution in [1.29, 1.82) is 0 Å². The average Bonchev–Trinajstić information content (AvgIpc) is 2.58. The number of nitrogen functional groups attached to an aromatic ring is 1. The van der Waals surface area contributed by atoms with Gasteiger partial charge in [-0.05, 0) is 47.5 Å². The normalized spacial score (nSPS) is 10.4. The van der Waals surface area contributed by atoms with E-state index in [1.165, 1.54) is 6.07 Å². The number of aromatic nitrogens is 1. The molecule has 1 heterocycles. The summed E-state index contributed by atoms with van der Waals surface area (Å²) < 4.78 is 13.9. The molecule has 2 aromatic carbocycles. The fourth-order valence-electron chi connectivity index (χ4n) is 2.46. The molecule has 0 atom stereocenters. The van der Waals surface area contributed by atoms with Crippen LogP contribution in [-0.4, -0.2) is 12.0 Å². The molecule has 0 saturated carbocycles. The number of anilines is 3.